The van der Waals surface area contributed by atoms with Crippen LogP contribution in [0.2, 0.25) is 0 Å². The average molecular weight is 960 g/mol. The highest BCUT2D eigenvalue weighted by Crippen LogP contribution is 2.47. The molecule has 0 heterocycles. The number of nitrogens with one attached hydrogen (secondary N) is 1. The van der Waals surface area contributed by atoms with Gasteiger partial charge >= 0.3 is 7.82 Å². The lowest BCUT2D eigenvalue weighted by Crippen LogP contribution is -2.64. The summed E-state index contributed by atoms with van der Waals surface area (Å²) in [6.07, 6.45) is 35.1. The lowest BCUT2D eigenvalue weighted by Gasteiger charge is -2.41. The number of aliphatic hydroxyl groups excluding tert-OH is 7. The minimum atomic E-state index is -5.15. The first-order chi connectivity index (χ1) is 31.8. The molecule has 0 aromatic rings. The fourth-order valence-electron chi connectivity index (χ4n) is 8.39. The van der Waals surface area contributed by atoms with E-state index in [9.17, 15) is 50.0 Å². The van der Waals surface area contributed by atoms with Gasteiger partial charge in [0, 0.05) is 0 Å². The van der Waals surface area contributed by atoms with Gasteiger partial charge in [0.1, 0.15) is 36.6 Å². The second-order valence-electron chi connectivity index (χ2n) is 18.9. The molecule has 0 saturated heterocycles. The van der Waals surface area contributed by atoms with E-state index in [-0.39, 0.29) is 6.42 Å². The molecule has 9 N–H and O–H groups in total. The summed E-state index contributed by atoms with van der Waals surface area (Å²) in [5, 5.41) is 74.7. The lowest BCUT2D eigenvalue weighted by molar-refractivity contribution is -0.220. The Labute approximate surface area is 400 Å². The molecule has 388 valence electrons. The van der Waals surface area contributed by atoms with E-state index in [1.54, 1.807) is 6.08 Å². The number of allylic oxidation sites excluding steroid dienone is 5. The van der Waals surface area contributed by atoms with E-state index in [2.05, 4.69) is 43.5 Å². The summed E-state index contributed by atoms with van der Waals surface area (Å²) < 4.78 is 22.9. The number of phosphoric acid groups is 1. The van der Waals surface area contributed by atoms with Crippen LogP contribution in [0, 0.1) is 0 Å². The summed E-state index contributed by atoms with van der Waals surface area (Å²) in [6, 6.07) is -1.25. The van der Waals surface area contributed by atoms with Gasteiger partial charge < -0.3 is 46.0 Å². The first kappa shape index (κ1) is 62.5. The van der Waals surface area contributed by atoms with Gasteiger partial charge in [-0.3, -0.25) is 13.8 Å². The molecule has 0 bridgehead atoms. The Balaban J connectivity index is 2.48. The van der Waals surface area contributed by atoms with E-state index in [0.29, 0.717) is 12.8 Å². The first-order valence-electron chi connectivity index (χ1n) is 26.5. The third kappa shape index (κ3) is 32.4. The van der Waals surface area contributed by atoms with Crippen molar-refractivity contribution in [2.45, 2.75) is 281 Å². The zero-order valence-corrected chi connectivity index (χ0v) is 42.3. The monoisotopic (exact) mass is 960 g/mol. The van der Waals surface area contributed by atoms with Crippen molar-refractivity contribution in [1.29, 1.82) is 0 Å². The number of hydrogen-bond donors (Lipinski definition) is 9. The van der Waals surface area contributed by atoms with Gasteiger partial charge in [0.25, 0.3) is 0 Å². The predicted octanol–water partition coefficient (Wildman–Crippen LogP) is 10.1. The van der Waals surface area contributed by atoms with Crippen LogP contribution in [0.25, 0.3) is 0 Å². The van der Waals surface area contributed by atoms with Gasteiger partial charge in [0.2, 0.25) is 5.91 Å². The topological polar surface area (TPSA) is 226 Å². The Hall–Kier alpha value is -1.48. The quantitative estimate of drug-likeness (QED) is 0.0158. The normalized spacial score (nSPS) is 22.6. The number of unbranched alkanes of at least 4 members (excludes halogenated alkanes) is 27. The SMILES string of the molecule is CCCCC/C=C\C/C=C\CCCCCCCC(O)CC(=O)NC(COP(=O)(O)OC1C(O)C(O)C(O)C(O)C1O)C(O)/C=C/CCCCCCCCCCCCCCCCCCCCC. The van der Waals surface area contributed by atoms with Crippen molar-refractivity contribution >= 4 is 13.7 Å². The highest BCUT2D eigenvalue weighted by atomic mass is 31.2. The number of carbonyl (C=O) groups excluding carboxylic acids is 1. The Morgan fingerprint density at radius 2 is 0.924 bits per heavy atom. The molecule has 8 unspecified atom stereocenters. The molecular formula is C52H98NO12P. The molecule has 13 nitrogen and oxygen atoms in total. The number of aliphatic hydroxyl groups is 7. The highest BCUT2D eigenvalue weighted by molar-refractivity contribution is 7.47. The lowest BCUT2D eigenvalue weighted by atomic mass is 9.85. The van der Waals surface area contributed by atoms with Gasteiger partial charge in [0.05, 0.1) is 31.3 Å². The van der Waals surface area contributed by atoms with Gasteiger partial charge in [-0.2, -0.15) is 0 Å². The summed E-state index contributed by atoms with van der Waals surface area (Å²) in [5.41, 5.74) is 0. The van der Waals surface area contributed by atoms with Crippen molar-refractivity contribution in [3.05, 3.63) is 36.5 Å². The first-order valence-corrected chi connectivity index (χ1v) is 28.0. The van der Waals surface area contributed by atoms with Gasteiger partial charge in [-0.15, -0.1) is 0 Å². The fourth-order valence-corrected chi connectivity index (χ4v) is 9.36. The predicted molar refractivity (Wildman–Crippen MR) is 266 cm³/mol. The number of carbonyl (C=O) groups is 1. The van der Waals surface area contributed by atoms with E-state index in [1.807, 2.05) is 0 Å². The summed E-state index contributed by atoms with van der Waals surface area (Å²) in [6.45, 7) is 3.74. The molecule has 0 radical (unpaired) electrons. The van der Waals surface area contributed by atoms with Gasteiger partial charge in [0.15, 0.2) is 0 Å². The molecule has 14 heteroatoms. The maximum absolute atomic E-state index is 13.0. The van der Waals surface area contributed by atoms with Crippen LogP contribution in [0.15, 0.2) is 36.5 Å². The van der Waals surface area contributed by atoms with Crippen molar-refractivity contribution in [3.8, 4) is 0 Å². The number of hydrogen-bond acceptors (Lipinski definition) is 11. The van der Waals surface area contributed by atoms with Crippen LogP contribution in [0.3, 0.4) is 0 Å². The molecular weight excluding hydrogens is 862 g/mol. The molecule has 0 aliphatic heterocycles. The van der Waals surface area contributed by atoms with E-state index in [1.165, 1.54) is 128 Å². The molecule has 1 amide bonds. The zero-order valence-electron chi connectivity index (χ0n) is 41.4. The van der Waals surface area contributed by atoms with Crippen LogP contribution in [0.5, 0.6) is 0 Å². The largest absolute Gasteiger partial charge is 0.472 e. The minimum absolute atomic E-state index is 0.254. The summed E-state index contributed by atoms with van der Waals surface area (Å²) >= 11 is 0. The standard InChI is InChI=1S/C52H98NO12P/c1-3-5-7-9-11-13-15-17-19-20-21-22-23-24-26-28-30-32-34-36-38-40-45(55)44(42-64-66(62,63)65-52-50(60)48(58)47(57)49(59)51(52)61)53-46(56)41-43(54)39-37-35-33-31-29-27-25-18-16-14-12-10-8-6-4-2/h12,14,18,25,38,40,43-45,47-52,54-55,57-61H,3-11,13,15-17,19-24,26-37,39,41-42H2,1-2H3,(H,53,56)(H,62,63)/b14-12-,25-18-,40-38+. The van der Waals surface area contributed by atoms with Gasteiger partial charge in [-0.05, 0) is 51.4 Å². The molecule has 1 saturated carbocycles. The molecule has 0 aromatic heterocycles. The van der Waals surface area contributed by atoms with Crippen molar-refractivity contribution in [2.75, 3.05) is 6.61 Å². The fraction of sp³-hybridized carbons (Fsp3) is 0.865. The second-order valence-corrected chi connectivity index (χ2v) is 20.3. The van der Waals surface area contributed by atoms with E-state index in [0.717, 1.165) is 70.6 Å². The maximum Gasteiger partial charge on any atom is 0.472 e. The van der Waals surface area contributed by atoms with Crippen LogP contribution >= 0.6 is 7.82 Å². The molecule has 8 atom stereocenters. The van der Waals surface area contributed by atoms with Gasteiger partial charge in [-0.1, -0.05) is 204 Å². The Bertz CT molecular complexity index is 1270. The summed E-state index contributed by atoms with van der Waals surface area (Å²) in [7, 11) is -5.15. The molecule has 1 aliphatic carbocycles. The Kier molecular flexibility index (Phi) is 39.1. The smallest absolute Gasteiger partial charge is 0.393 e. The molecule has 66 heavy (non-hydrogen) atoms. The molecule has 1 aliphatic rings. The molecule has 1 rings (SSSR count). The van der Waals surface area contributed by atoms with Crippen LogP contribution < -0.4 is 5.32 Å². The minimum Gasteiger partial charge on any atom is -0.393 e. The number of amides is 1. The molecule has 0 aromatic carbocycles. The third-order valence-corrected chi connectivity index (χ3v) is 13.7. The number of phosphoric ester groups is 1. The van der Waals surface area contributed by atoms with Crippen LogP contribution in [0.1, 0.15) is 226 Å². The molecule has 1 fully saturated rings. The average Bonchev–Trinajstić information content (AvgIpc) is 3.29. The zero-order chi connectivity index (χ0) is 48.7. The van der Waals surface area contributed by atoms with Crippen molar-refractivity contribution in [3.63, 3.8) is 0 Å². The van der Waals surface area contributed by atoms with Crippen LogP contribution in [-0.2, 0) is 18.4 Å². The van der Waals surface area contributed by atoms with Gasteiger partial charge in [-0.25, -0.2) is 4.57 Å². The van der Waals surface area contributed by atoms with E-state index < -0.39 is 75.2 Å². The highest BCUT2D eigenvalue weighted by Gasteiger charge is 2.51. The Morgan fingerprint density at radius 1 is 0.545 bits per heavy atom. The maximum atomic E-state index is 13.0. The Morgan fingerprint density at radius 3 is 1.39 bits per heavy atom. The van der Waals surface area contributed by atoms with Crippen molar-refractivity contribution < 1.29 is 59.0 Å². The number of rotatable bonds is 44. The summed E-state index contributed by atoms with van der Waals surface area (Å²) in [4.78, 5) is 23.5. The van der Waals surface area contributed by atoms with E-state index in [4.69, 9.17) is 9.05 Å². The second kappa shape index (κ2) is 41.3. The van der Waals surface area contributed by atoms with Crippen LogP contribution in [0.4, 0.5) is 0 Å². The van der Waals surface area contributed by atoms with Crippen LogP contribution in [-0.4, -0.2) is 108 Å². The third-order valence-electron chi connectivity index (χ3n) is 12.7. The summed E-state index contributed by atoms with van der Waals surface area (Å²) in [5.74, 6) is -0.600. The van der Waals surface area contributed by atoms with E-state index >= 15 is 0 Å². The van der Waals surface area contributed by atoms with Crippen molar-refractivity contribution in [2.24, 2.45) is 0 Å². The molecule has 0 spiro atoms. The van der Waals surface area contributed by atoms with Crippen molar-refractivity contribution in [1.82, 2.24) is 5.32 Å².